The summed E-state index contributed by atoms with van der Waals surface area (Å²) in [6, 6.07) is 3.22. The van der Waals surface area contributed by atoms with E-state index in [-0.39, 0.29) is 30.5 Å². The van der Waals surface area contributed by atoms with Crippen LogP contribution in [0.1, 0.15) is 42.4 Å². The van der Waals surface area contributed by atoms with Gasteiger partial charge in [0, 0.05) is 36.6 Å². The van der Waals surface area contributed by atoms with Crippen LogP contribution in [-0.4, -0.2) is 49.4 Å². The van der Waals surface area contributed by atoms with Gasteiger partial charge < -0.3 is 10.2 Å². The first-order chi connectivity index (χ1) is 16.2. The fourth-order valence-corrected chi connectivity index (χ4v) is 5.27. The maximum Gasteiger partial charge on any atom is 0.393 e. The van der Waals surface area contributed by atoms with Crippen molar-refractivity contribution in [1.82, 2.24) is 24.1 Å². The van der Waals surface area contributed by atoms with Crippen molar-refractivity contribution in [2.45, 2.75) is 50.9 Å². The predicted octanol–water partition coefficient (Wildman–Crippen LogP) is 4.51. The number of aromatic nitrogens is 5. The average molecular weight is 500 g/mol. The molecule has 13 heteroatoms. The van der Waals surface area contributed by atoms with Crippen LogP contribution < -0.4 is 10.2 Å². The van der Waals surface area contributed by atoms with Crippen molar-refractivity contribution in [2.75, 3.05) is 23.3 Å². The fourth-order valence-electron chi connectivity index (χ4n) is 4.54. The van der Waals surface area contributed by atoms with E-state index in [1.165, 1.54) is 22.3 Å². The molecule has 3 aromatic rings. The quantitative estimate of drug-likeness (QED) is 0.533. The molecule has 0 unspecified atom stereocenters. The Morgan fingerprint density at radius 2 is 1.85 bits per heavy atom. The highest BCUT2D eigenvalue weighted by molar-refractivity contribution is 7.09. The van der Waals surface area contributed by atoms with E-state index >= 15 is 0 Å². The predicted molar refractivity (Wildman–Crippen MR) is 116 cm³/mol. The lowest BCUT2D eigenvalue weighted by Crippen LogP contribution is -2.39. The Hall–Kier alpha value is -2.83. The second-order valence-corrected chi connectivity index (χ2v) is 9.44. The number of rotatable bonds is 4. The zero-order chi connectivity index (χ0) is 24.0. The van der Waals surface area contributed by atoms with Crippen LogP contribution in [0.4, 0.5) is 33.0 Å². The molecule has 2 atom stereocenters. The van der Waals surface area contributed by atoms with Gasteiger partial charge in [0.2, 0.25) is 11.1 Å². The average Bonchev–Trinajstić information content (AvgIpc) is 3.40. The van der Waals surface area contributed by atoms with E-state index in [0.717, 1.165) is 49.0 Å². The van der Waals surface area contributed by atoms with Gasteiger partial charge in [-0.15, -0.1) is 5.10 Å². The van der Waals surface area contributed by atoms with E-state index < -0.39 is 29.6 Å². The maximum atomic E-state index is 13.8. The number of hydrogen-bond acceptors (Lipinski definition) is 7. The molecule has 1 fully saturated rings. The van der Waals surface area contributed by atoms with E-state index in [9.17, 15) is 22.0 Å². The zero-order valence-corrected chi connectivity index (χ0v) is 19.0. The van der Waals surface area contributed by atoms with Gasteiger partial charge in [-0.25, -0.2) is 18.4 Å². The summed E-state index contributed by atoms with van der Waals surface area (Å²) in [5.74, 6) is -3.36. The van der Waals surface area contributed by atoms with Crippen LogP contribution in [0.2, 0.25) is 0 Å². The van der Waals surface area contributed by atoms with Crippen molar-refractivity contribution >= 4 is 22.6 Å². The summed E-state index contributed by atoms with van der Waals surface area (Å²) >= 11 is 1.36. The molecular weight excluding hydrogens is 477 g/mol. The molecule has 0 aliphatic carbocycles. The summed E-state index contributed by atoms with van der Waals surface area (Å²) in [6.07, 6.45) is -3.18. The number of nitrogens with one attached hydrogen (secondary N) is 1. The molecule has 5 rings (SSSR count). The number of nitrogens with zero attached hydrogens (tertiary/aromatic N) is 6. The lowest BCUT2D eigenvalue weighted by Gasteiger charge is -2.31. The number of anilines is 2. The van der Waals surface area contributed by atoms with E-state index in [0.29, 0.717) is 5.82 Å². The van der Waals surface area contributed by atoms with Crippen LogP contribution in [-0.2, 0) is 6.54 Å². The van der Waals surface area contributed by atoms with Gasteiger partial charge in [0.25, 0.3) is 0 Å². The van der Waals surface area contributed by atoms with Crippen molar-refractivity contribution in [2.24, 2.45) is 5.92 Å². The summed E-state index contributed by atoms with van der Waals surface area (Å²) in [5.41, 5.74) is 0.244. The summed E-state index contributed by atoms with van der Waals surface area (Å²) < 4.78 is 73.5. The van der Waals surface area contributed by atoms with E-state index in [4.69, 9.17) is 0 Å². The topological polar surface area (TPSA) is 71.8 Å². The highest BCUT2D eigenvalue weighted by atomic mass is 32.1. The third-order valence-electron chi connectivity index (χ3n) is 6.35. The standard InChI is InChI=1S/C21H22F5N7S/c1-11-27-20(34-31-11)32-6-4-14(5-7-32)28-19-29-18-15(12-2-3-16(22)17(23)8-12)9-13(21(24,25)26)10-33(18)30-19/h2-3,8,13-15H,4-7,9-10H2,1H3,(H,28,30)/t13-,15+/m0/s1. The van der Waals surface area contributed by atoms with Crippen molar-refractivity contribution in [3.05, 3.63) is 47.0 Å². The number of benzene rings is 1. The number of alkyl halides is 3. The molecule has 0 amide bonds. The van der Waals surface area contributed by atoms with Gasteiger partial charge in [-0.05, 0) is 43.9 Å². The number of piperidine rings is 1. The second-order valence-electron chi connectivity index (χ2n) is 8.71. The van der Waals surface area contributed by atoms with Crippen molar-refractivity contribution < 1.29 is 22.0 Å². The molecule has 0 spiro atoms. The number of fused-ring (bicyclic) bond motifs is 1. The van der Waals surface area contributed by atoms with Crippen LogP contribution >= 0.6 is 11.5 Å². The monoisotopic (exact) mass is 499 g/mol. The van der Waals surface area contributed by atoms with Crippen LogP contribution in [0.15, 0.2) is 18.2 Å². The SMILES string of the molecule is Cc1nsc(N2CCC(Nc3nc4n(n3)C[C@@H](C(F)(F)F)C[C@@H]4c3ccc(F)c(F)c3)CC2)n1. The Morgan fingerprint density at radius 1 is 1.09 bits per heavy atom. The Morgan fingerprint density at radius 3 is 2.50 bits per heavy atom. The van der Waals surface area contributed by atoms with Gasteiger partial charge >= 0.3 is 6.18 Å². The van der Waals surface area contributed by atoms with Gasteiger partial charge in [-0.3, -0.25) is 0 Å². The number of aryl methyl sites for hydroxylation is 1. The third kappa shape index (κ3) is 4.57. The molecule has 1 aromatic carbocycles. The lowest BCUT2D eigenvalue weighted by molar-refractivity contribution is -0.184. The van der Waals surface area contributed by atoms with Crippen LogP contribution in [0, 0.1) is 24.5 Å². The van der Waals surface area contributed by atoms with Gasteiger partial charge in [0.05, 0.1) is 12.5 Å². The fraction of sp³-hybridized carbons (Fsp3) is 0.524. The highest BCUT2D eigenvalue weighted by Gasteiger charge is 2.46. The highest BCUT2D eigenvalue weighted by Crippen LogP contribution is 2.42. The lowest BCUT2D eigenvalue weighted by atomic mass is 9.85. The van der Waals surface area contributed by atoms with Crippen LogP contribution in [0.25, 0.3) is 0 Å². The molecular formula is C21H22F5N7S. The van der Waals surface area contributed by atoms with E-state index in [1.54, 1.807) is 0 Å². The summed E-state index contributed by atoms with van der Waals surface area (Å²) in [7, 11) is 0. The Balaban J connectivity index is 1.34. The smallest absolute Gasteiger partial charge is 0.350 e. The minimum Gasteiger partial charge on any atom is -0.350 e. The molecule has 0 bridgehead atoms. The number of hydrogen-bond donors (Lipinski definition) is 1. The second kappa shape index (κ2) is 8.75. The molecule has 7 nitrogen and oxygen atoms in total. The molecule has 1 saturated heterocycles. The minimum absolute atomic E-state index is 0.0508. The molecule has 2 aliphatic rings. The normalized spacial score (nSPS) is 21.5. The van der Waals surface area contributed by atoms with Crippen molar-refractivity contribution in [3.63, 3.8) is 0 Å². The van der Waals surface area contributed by atoms with Crippen LogP contribution in [0.5, 0.6) is 0 Å². The van der Waals surface area contributed by atoms with Crippen LogP contribution in [0.3, 0.4) is 0 Å². The minimum atomic E-state index is -4.44. The molecule has 2 aliphatic heterocycles. The van der Waals surface area contributed by atoms with Gasteiger partial charge in [0.15, 0.2) is 11.6 Å². The molecule has 0 saturated carbocycles. The van der Waals surface area contributed by atoms with Gasteiger partial charge in [0.1, 0.15) is 11.6 Å². The Kier molecular flexibility index (Phi) is 5.90. The maximum absolute atomic E-state index is 13.8. The first-order valence-corrected chi connectivity index (χ1v) is 11.7. The molecule has 34 heavy (non-hydrogen) atoms. The molecule has 0 radical (unpaired) electrons. The number of halogens is 5. The first-order valence-electron chi connectivity index (χ1n) is 11.0. The Labute approximate surface area is 196 Å². The van der Waals surface area contributed by atoms with Crippen molar-refractivity contribution in [1.29, 1.82) is 0 Å². The Bertz CT molecular complexity index is 1170. The first kappa shape index (κ1) is 22.9. The van der Waals surface area contributed by atoms with Gasteiger partial charge in [-0.1, -0.05) is 6.07 Å². The molecule has 2 aromatic heterocycles. The molecule has 4 heterocycles. The molecule has 1 N–H and O–H groups in total. The van der Waals surface area contributed by atoms with Crippen molar-refractivity contribution in [3.8, 4) is 0 Å². The summed E-state index contributed by atoms with van der Waals surface area (Å²) in [6.45, 7) is 3.00. The largest absolute Gasteiger partial charge is 0.393 e. The van der Waals surface area contributed by atoms with E-state index in [1.807, 2.05) is 6.92 Å². The third-order valence-corrected chi connectivity index (χ3v) is 7.22. The van der Waals surface area contributed by atoms with Gasteiger partial charge in [-0.2, -0.15) is 22.5 Å². The molecule has 182 valence electrons. The zero-order valence-electron chi connectivity index (χ0n) is 18.2. The summed E-state index contributed by atoms with van der Waals surface area (Å²) in [4.78, 5) is 11.0. The summed E-state index contributed by atoms with van der Waals surface area (Å²) in [5, 5.41) is 8.42. The van der Waals surface area contributed by atoms with E-state index in [2.05, 4.69) is 29.7 Å².